The van der Waals surface area contributed by atoms with Gasteiger partial charge in [0.15, 0.2) is 0 Å². The highest BCUT2D eigenvalue weighted by Gasteiger charge is 2.21. The highest BCUT2D eigenvalue weighted by molar-refractivity contribution is 7.98. The van der Waals surface area contributed by atoms with E-state index >= 15 is 0 Å². The number of nitrogens with one attached hydrogen (secondary N) is 1. The van der Waals surface area contributed by atoms with Crippen molar-refractivity contribution in [3.8, 4) is 11.5 Å². The minimum absolute atomic E-state index is 0.253. The van der Waals surface area contributed by atoms with Gasteiger partial charge < -0.3 is 14.8 Å². The summed E-state index contributed by atoms with van der Waals surface area (Å²) in [5.74, 6) is 1.21. The number of methoxy groups -OCH3 is 2. The van der Waals surface area contributed by atoms with E-state index in [0.29, 0.717) is 23.0 Å². The third kappa shape index (κ3) is 3.85. The summed E-state index contributed by atoms with van der Waals surface area (Å²) in [6, 6.07) is 11.5. The van der Waals surface area contributed by atoms with Gasteiger partial charge in [-0.05, 0) is 42.0 Å². The lowest BCUT2D eigenvalue weighted by Crippen LogP contribution is -2.15. The maximum Gasteiger partial charge on any atom is 0.263 e. The van der Waals surface area contributed by atoms with Gasteiger partial charge in [0.1, 0.15) is 17.1 Å². The fourth-order valence-electron chi connectivity index (χ4n) is 2.44. The van der Waals surface area contributed by atoms with Crippen LogP contribution in [0.5, 0.6) is 11.5 Å². The molecule has 0 aliphatic heterocycles. The zero-order chi connectivity index (χ0) is 17.7. The molecule has 0 aliphatic carbocycles. The minimum atomic E-state index is -0.253. The predicted molar refractivity (Wildman–Crippen MR) is 99.8 cm³/mol. The van der Waals surface area contributed by atoms with Gasteiger partial charge in [-0.25, -0.2) is 0 Å². The SMILES string of the molecule is COc1ccc(SC)c(OC)c1C(=O)Nc1ccc(C(C)C)cc1. The molecule has 0 heterocycles. The van der Waals surface area contributed by atoms with Gasteiger partial charge in [0.25, 0.3) is 5.91 Å². The van der Waals surface area contributed by atoms with E-state index in [4.69, 9.17) is 9.47 Å². The molecule has 0 aliphatic rings. The molecule has 4 nitrogen and oxygen atoms in total. The second kappa shape index (κ2) is 8.11. The largest absolute Gasteiger partial charge is 0.496 e. The summed E-state index contributed by atoms with van der Waals surface area (Å²) in [5.41, 5.74) is 2.37. The van der Waals surface area contributed by atoms with Gasteiger partial charge >= 0.3 is 0 Å². The number of carbonyl (C=O) groups is 1. The Hall–Kier alpha value is -2.14. The van der Waals surface area contributed by atoms with Crippen LogP contribution in [0.1, 0.15) is 35.7 Å². The molecule has 128 valence electrons. The standard InChI is InChI=1S/C19H23NO3S/c1-12(2)13-6-8-14(9-7-13)20-19(21)17-15(22-3)10-11-16(24-5)18(17)23-4/h6-12H,1-5H3,(H,20,21). The van der Waals surface area contributed by atoms with Gasteiger partial charge in [-0.2, -0.15) is 0 Å². The topological polar surface area (TPSA) is 47.6 Å². The third-order valence-corrected chi connectivity index (χ3v) is 4.55. The van der Waals surface area contributed by atoms with Gasteiger partial charge in [0.2, 0.25) is 0 Å². The Balaban J connectivity index is 2.35. The quantitative estimate of drug-likeness (QED) is 0.764. The molecule has 5 heteroatoms. The van der Waals surface area contributed by atoms with E-state index in [1.807, 2.05) is 36.6 Å². The second-order valence-corrected chi connectivity index (χ2v) is 6.46. The summed E-state index contributed by atoms with van der Waals surface area (Å²) in [5, 5.41) is 2.92. The van der Waals surface area contributed by atoms with E-state index in [1.165, 1.54) is 17.3 Å². The number of hydrogen-bond donors (Lipinski definition) is 1. The number of amides is 1. The normalized spacial score (nSPS) is 10.6. The van der Waals surface area contributed by atoms with Crippen molar-refractivity contribution in [3.63, 3.8) is 0 Å². The van der Waals surface area contributed by atoms with Gasteiger partial charge in [-0.15, -0.1) is 11.8 Å². The zero-order valence-electron chi connectivity index (χ0n) is 14.7. The Labute approximate surface area is 147 Å². The molecule has 0 spiro atoms. The number of thioether (sulfide) groups is 1. The van der Waals surface area contributed by atoms with Crippen molar-refractivity contribution in [1.29, 1.82) is 0 Å². The van der Waals surface area contributed by atoms with Gasteiger partial charge in [0.05, 0.1) is 19.1 Å². The van der Waals surface area contributed by atoms with E-state index in [0.717, 1.165) is 10.6 Å². The fourth-order valence-corrected chi connectivity index (χ4v) is 3.01. The Bertz CT molecular complexity index is 711. The molecule has 24 heavy (non-hydrogen) atoms. The second-order valence-electron chi connectivity index (χ2n) is 5.61. The van der Waals surface area contributed by atoms with Crippen molar-refractivity contribution < 1.29 is 14.3 Å². The molecule has 2 aromatic rings. The molecular weight excluding hydrogens is 322 g/mol. The molecule has 0 fully saturated rings. The van der Waals surface area contributed by atoms with Crippen molar-refractivity contribution in [1.82, 2.24) is 0 Å². The minimum Gasteiger partial charge on any atom is -0.496 e. The van der Waals surface area contributed by atoms with E-state index in [2.05, 4.69) is 19.2 Å². The fraction of sp³-hybridized carbons (Fsp3) is 0.316. The molecular formula is C19H23NO3S. The van der Waals surface area contributed by atoms with E-state index in [9.17, 15) is 4.79 Å². The van der Waals surface area contributed by atoms with Crippen molar-refractivity contribution >= 4 is 23.4 Å². The molecule has 0 saturated carbocycles. The summed E-state index contributed by atoms with van der Waals surface area (Å²) in [4.78, 5) is 13.7. The van der Waals surface area contributed by atoms with E-state index < -0.39 is 0 Å². The number of benzene rings is 2. The molecule has 0 unspecified atom stereocenters. The molecule has 0 bridgehead atoms. The average Bonchev–Trinajstić information content (AvgIpc) is 2.60. The van der Waals surface area contributed by atoms with Gasteiger partial charge in [-0.3, -0.25) is 4.79 Å². The van der Waals surface area contributed by atoms with Gasteiger partial charge in [0, 0.05) is 5.69 Å². The van der Waals surface area contributed by atoms with Crippen LogP contribution in [0, 0.1) is 0 Å². The monoisotopic (exact) mass is 345 g/mol. The van der Waals surface area contributed by atoms with Crippen LogP contribution >= 0.6 is 11.8 Å². The van der Waals surface area contributed by atoms with Crippen LogP contribution in [-0.2, 0) is 0 Å². The first-order chi connectivity index (χ1) is 11.5. The average molecular weight is 345 g/mol. The number of ether oxygens (including phenoxy) is 2. The molecule has 0 aromatic heterocycles. The summed E-state index contributed by atoms with van der Waals surface area (Å²) >= 11 is 1.52. The highest BCUT2D eigenvalue weighted by Crippen LogP contribution is 2.37. The Morgan fingerprint density at radius 3 is 2.21 bits per heavy atom. The molecule has 1 amide bonds. The Morgan fingerprint density at radius 1 is 1.04 bits per heavy atom. The van der Waals surface area contributed by atoms with Crippen LogP contribution < -0.4 is 14.8 Å². The summed E-state index contributed by atoms with van der Waals surface area (Å²) in [6.45, 7) is 4.27. The lowest BCUT2D eigenvalue weighted by molar-refractivity contribution is 0.102. The van der Waals surface area contributed by atoms with Crippen molar-refractivity contribution in [2.24, 2.45) is 0 Å². The van der Waals surface area contributed by atoms with E-state index in [-0.39, 0.29) is 5.91 Å². The number of anilines is 1. The number of carbonyl (C=O) groups excluding carboxylic acids is 1. The first-order valence-electron chi connectivity index (χ1n) is 7.72. The van der Waals surface area contributed by atoms with Crippen LogP contribution in [0.4, 0.5) is 5.69 Å². The summed E-state index contributed by atoms with van der Waals surface area (Å²) < 4.78 is 10.8. The van der Waals surface area contributed by atoms with E-state index in [1.54, 1.807) is 20.3 Å². The summed E-state index contributed by atoms with van der Waals surface area (Å²) in [7, 11) is 3.10. The van der Waals surface area contributed by atoms with Crippen LogP contribution in [-0.4, -0.2) is 26.4 Å². The predicted octanol–water partition coefficient (Wildman–Crippen LogP) is 4.80. The first kappa shape index (κ1) is 18.2. The van der Waals surface area contributed by atoms with Crippen LogP contribution in [0.2, 0.25) is 0 Å². The summed E-state index contributed by atoms with van der Waals surface area (Å²) in [6.07, 6.45) is 1.94. The van der Waals surface area contributed by atoms with Crippen molar-refractivity contribution in [2.45, 2.75) is 24.7 Å². The molecule has 1 N–H and O–H groups in total. The maximum absolute atomic E-state index is 12.8. The third-order valence-electron chi connectivity index (χ3n) is 3.79. The number of hydrogen-bond acceptors (Lipinski definition) is 4. The zero-order valence-corrected chi connectivity index (χ0v) is 15.5. The molecule has 2 rings (SSSR count). The van der Waals surface area contributed by atoms with Crippen LogP contribution in [0.25, 0.3) is 0 Å². The Morgan fingerprint density at radius 2 is 1.71 bits per heavy atom. The van der Waals surface area contributed by atoms with Gasteiger partial charge in [-0.1, -0.05) is 26.0 Å². The molecule has 0 atom stereocenters. The smallest absolute Gasteiger partial charge is 0.263 e. The van der Waals surface area contributed by atoms with Crippen molar-refractivity contribution in [3.05, 3.63) is 47.5 Å². The molecule has 0 saturated heterocycles. The maximum atomic E-state index is 12.8. The van der Waals surface area contributed by atoms with Crippen molar-refractivity contribution in [2.75, 3.05) is 25.8 Å². The lowest BCUT2D eigenvalue weighted by atomic mass is 10.0. The number of rotatable bonds is 6. The highest BCUT2D eigenvalue weighted by atomic mass is 32.2. The Kier molecular flexibility index (Phi) is 6.15. The van der Waals surface area contributed by atoms with Crippen LogP contribution in [0.3, 0.4) is 0 Å². The van der Waals surface area contributed by atoms with Crippen LogP contribution in [0.15, 0.2) is 41.3 Å². The molecule has 0 radical (unpaired) electrons. The lowest BCUT2D eigenvalue weighted by Gasteiger charge is -2.16. The first-order valence-corrected chi connectivity index (χ1v) is 8.94. The molecule has 2 aromatic carbocycles.